The van der Waals surface area contributed by atoms with Crippen LogP contribution < -0.4 is 9.80 Å². The quantitative estimate of drug-likeness (QED) is 0.805. The molecule has 0 spiro atoms. The van der Waals surface area contributed by atoms with Crippen molar-refractivity contribution in [3.63, 3.8) is 0 Å². The number of carbonyl (C=O) groups excluding carboxylic acids is 1. The standard InChI is InChI=1S/C17H20BrN5O/c1-21(2)13-11-16(20-19-12-13)22-7-9-23(10-8-22)17(24)14-5-3-4-6-15(14)18/h3-6,11-12H,7-10H2,1-2H3. The Labute approximate surface area is 150 Å². The van der Waals surface area contributed by atoms with E-state index in [9.17, 15) is 4.79 Å². The molecule has 1 aromatic heterocycles. The zero-order valence-corrected chi connectivity index (χ0v) is 15.4. The highest BCUT2D eigenvalue weighted by molar-refractivity contribution is 9.10. The Morgan fingerprint density at radius 2 is 1.88 bits per heavy atom. The highest BCUT2D eigenvalue weighted by atomic mass is 79.9. The third kappa shape index (κ3) is 3.51. The van der Waals surface area contributed by atoms with Gasteiger partial charge in [-0.15, -0.1) is 5.10 Å². The first-order chi connectivity index (χ1) is 11.6. The van der Waals surface area contributed by atoms with E-state index in [1.807, 2.05) is 54.2 Å². The topological polar surface area (TPSA) is 52.6 Å². The van der Waals surface area contributed by atoms with E-state index in [1.54, 1.807) is 6.20 Å². The van der Waals surface area contributed by atoms with Crippen molar-refractivity contribution in [2.45, 2.75) is 0 Å². The van der Waals surface area contributed by atoms with Gasteiger partial charge in [-0.2, -0.15) is 5.10 Å². The Balaban J connectivity index is 1.67. The lowest BCUT2D eigenvalue weighted by molar-refractivity contribution is 0.0745. The van der Waals surface area contributed by atoms with Gasteiger partial charge in [-0.05, 0) is 28.1 Å². The van der Waals surface area contributed by atoms with E-state index in [0.717, 1.165) is 29.1 Å². The molecule has 1 saturated heterocycles. The first-order valence-electron chi connectivity index (χ1n) is 7.85. The second-order valence-corrected chi connectivity index (χ2v) is 6.78. The first-order valence-corrected chi connectivity index (χ1v) is 8.64. The number of anilines is 2. The Hall–Kier alpha value is -2.15. The van der Waals surface area contributed by atoms with Gasteiger partial charge in [0, 0.05) is 50.8 Å². The molecule has 3 rings (SSSR count). The number of rotatable bonds is 3. The van der Waals surface area contributed by atoms with Gasteiger partial charge in [-0.3, -0.25) is 4.79 Å². The summed E-state index contributed by atoms with van der Waals surface area (Å²) < 4.78 is 0.835. The predicted octanol–water partition coefficient (Wildman–Crippen LogP) is 2.27. The molecular weight excluding hydrogens is 370 g/mol. The van der Waals surface area contributed by atoms with E-state index in [1.165, 1.54) is 0 Å². The minimum absolute atomic E-state index is 0.0650. The van der Waals surface area contributed by atoms with Crippen molar-refractivity contribution < 1.29 is 4.79 Å². The number of aromatic nitrogens is 2. The molecular formula is C17H20BrN5O. The molecule has 0 unspecified atom stereocenters. The highest BCUT2D eigenvalue weighted by Crippen LogP contribution is 2.21. The molecule has 1 aromatic carbocycles. The van der Waals surface area contributed by atoms with Crippen molar-refractivity contribution in [1.82, 2.24) is 15.1 Å². The number of nitrogens with zero attached hydrogens (tertiary/aromatic N) is 5. The molecule has 2 aromatic rings. The van der Waals surface area contributed by atoms with Crippen LogP contribution in [-0.4, -0.2) is 61.3 Å². The van der Waals surface area contributed by atoms with E-state index in [-0.39, 0.29) is 5.91 Å². The average molecular weight is 390 g/mol. The molecule has 0 radical (unpaired) electrons. The zero-order chi connectivity index (χ0) is 17.1. The third-order valence-electron chi connectivity index (χ3n) is 4.14. The van der Waals surface area contributed by atoms with Gasteiger partial charge >= 0.3 is 0 Å². The molecule has 1 aliphatic rings. The van der Waals surface area contributed by atoms with Crippen molar-refractivity contribution in [3.8, 4) is 0 Å². The van der Waals surface area contributed by atoms with Gasteiger partial charge in [0.2, 0.25) is 0 Å². The molecule has 24 heavy (non-hydrogen) atoms. The second kappa shape index (κ2) is 7.17. The van der Waals surface area contributed by atoms with Crippen molar-refractivity contribution in [3.05, 3.63) is 46.6 Å². The number of hydrogen-bond donors (Lipinski definition) is 0. The molecule has 0 atom stereocenters. The van der Waals surface area contributed by atoms with Crippen LogP contribution in [0.15, 0.2) is 41.0 Å². The minimum atomic E-state index is 0.0650. The molecule has 0 N–H and O–H groups in total. The maximum Gasteiger partial charge on any atom is 0.255 e. The fraction of sp³-hybridized carbons (Fsp3) is 0.353. The lowest BCUT2D eigenvalue weighted by Crippen LogP contribution is -2.49. The number of benzene rings is 1. The summed E-state index contributed by atoms with van der Waals surface area (Å²) in [6.07, 6.45) is 1.75. The molecule has 2 heterocycles. The molecule has 1 amide bonds. The predicted molar refractivity (Wildman–Crippen MR) is 98.6 cm³/mol. The van der Waals surface area contributed by atoms with Crippen molar-refractivity contribution in [2.75, 3.05) is 50.1 Å². The summed E-state index contributed by atoms with van der Waals surface area (Å²) in [5, 5.41) is 8.30. The molecule has 1 fully saturated rings. The maximum absolute atomic E-state index is 12.6. The monoisotopic (exact) mass is 389 g/mol. The summed E-state index contributed by atoms with van der Waals surface area (Å²) in [4.78, 5) is 18.7. The van der Waals surface area contributed by atoms with E-state index in [4.69, 9.17) is 0 Å². The fourth-order valence-corrected chi connectivity index (χ4v) is 3.14. The van der Waals surface area contributed by atoms with Crippen LogP contribution in [0.1, 0.15) is 10.4 Å². The molecule has 1 aliphatic heterocycles. The third-order valence-corrected chi connectivity index (χ3v) is 4.83. The van der Waals surface area contributed by atoms with E-state index < -0.39 is 0 Å². The Kier molecular flexibility index (Phi) is 4.99. The number of hydrogen-bond acceptors (Lipinski definition) is 5. The minimum Gasteiger partial charge on any atom is -0.376 e. The van der Waals surface area contributed by atoms with Crippen LogP contribution >= 0.6 is 15.9 Å². The van der Waals surface area contributed by atoms with Crippen LogP contribution in [0.2, 0.25) is 0 Å². The van der Waals surface area contributed by atoms with Crippen molar-refractivity contribution >= 4 is 33.3 Å². The second-order valence-electron chi connectivity index (χ2n) is 5.93. The van der Waals surface area contributed by atoms with Gasteiger partial charge in [0.1, 0.15) is 0 Å². The Morgan fingerprint density at radius 1 is 1.17 bits per heavy atom. The Morgan fingerprint density at radius 3 is 2.54 bits per heavy atom. The van der Waals surface area contributed by atoms with Gasteiger partial charge in [0.05, 0.1) is 17.4 Å². The summed E-state index contributed by atoms with van der Waals surface area (Å²) in [5.74, 6) is 0.921. The van der Waals surface area contributed by atoms with Crippen molar-refractivity contribution in [1.29, 1.82) is 0 Å². The van der Waals surface area contributed by atoms with E-state index in [0.29, 0.717) is 18.7 Å². The molecule has 0 bridgehead atoms. The van der Waals surface area contributed by atoms with E-state index in [2.05, 4.69) is 31.0 Å². The summed E-state index contributed by atoms with van der Waals surface area (Å²) >= 11 is 3.45. The SMILES string of the molecule is CN(C)c1cnnc(N2CCN(C(=O)c3ccccc3Br)CC2)c1. The van der Waals surface area contributed by atoms with Crippen LogP contribution in [0.3, 0.4) is 0 Å². The maximum atomic E-state index is 12.6. The van der Waals surface area contributed by atoms with Crippen LogP contribution in [0.5, 0.6) is 0 Å². The summed E-state index contributed by atoms with van der Waals surface area (Å²) in [5.41, 5.74) is 1.73. The zero-order valence-electron chi connectivity index (χ0n) is 13.8. The molecule has 126 valence electrons. The van der Waals surface area contributed by atoms with Crippen LogP contribution in [0.4, 0.5) is 11.5 Å². The lowest BCUT2D eigenvalue weighted by Gasteiger charge is -2.35. The Bertz CT molecular complexity index is 728. The normalized spacial score (nSPS) is 14.6. The highest BCUT2D eigenvalue weighted by Gasteiger charge is 2.24. The molecule has 0 saturated carbocycles. The molecule has 6 nitrogen and oxygen atoms in total. The van der Waals surface area contributed by atoms with Crippen LogP contribution in [0, 0.1) is 0 Å². The molecule has 0 aliphatic carbocycles. The summed E-state index contributed by atoms with van der Waals surface area (Å²) in [7, 11) is 3.96. The number of piperazine rings is 1. The molecule has 7 heteroatoms. The van der Waals surface area contributed by atoms with Gasteiger partial charge in [0.15, 0.2) is 5.82 Å². The fourth-order valence-electron chi connectivity index (χ4n) is 2.69. The van der Waals surface area contributed by atoms with E-state index >= 15 is 0 Å². The van der Waals surface area contributed by atoms with Crippen LogP contribution in [0.25, 0.3) is 0 Å². The first kappa shape index (κ1) is 16.7. The average Bonchev–Trinajstić information content (AvgIpc) is 2.62. The van der Waals surface area contributed by atoms with Gasteiger partial charge in [-0.25, -0.2) is 0 Å². The number of halogens is 1. The van der Waals surface area contributed by atoms with Gasteiger partial charge in [-0.1, -0.05) is 12.1 Å². The largest absolute Gasteiger partial charge is 0.376 e. The van der Waals surface area contributed by atoms with Crippen LogP contribution in [-0.2, 0) is 0 Å². The smallest absolute Gasteiger partial charge is 0.255 e. The lowest BCUT2D eigenvalue weighted by atomic mass is 10.2. The summed E-state index contributed by atoms with van der Waals surface area (Å²) in [6.45, 7) is 2.85. The number of amides is 1. The van der Waals surface area contributed by atoms with Gasteiger partial charge < -0.3 is 14.7 Å². The van der Waals surface area contributed by atoms with Crippen molar-refractivity contribution in [2.24, 2.45) is 0 Å². The van der Waals surface area contributed by atoms with Gasteiger partial charge in [0.25, 0.3) is 5.91 Å². The number of carbonyl (C=O) groups is 1. The summed E-state index contributed by atoms with van der Waals surface area (Å²) in [6, 6.07) is 9.57.